The van der Waals surface area contributed by atoms with E-state index in [1.165, 1.54) is 11.6 Å². The van der Waals surface area contributed by atoms with Crippen molar-refractivity contribution >= 4 is 29.9 Å². The van der Waals surface area contributed by atoms with Crippen LogP contribution in [0.25, 0.3) is 0 Å². The van der Waals surface area contributed by atoms with E-state index in [2.05, 4.69) is 34.6 Å². The lowest BCUT2D eigenvalue weighted by molar-refractivity contribution is 0.501. The molecule has 5 nitrogen and oxygen atoms in total. The Labute approximate surface area is 172 Å². The zero-order valence-corrected chi connectivity index (χ0v) is 18.3. The van der Waals surface area contributed by atoms with Crippen molar-refractivity contribution in [3.63, 3.8) is 0 Å². The summed E-state index contributed by atoms with van der Waals surface area (Å²) < 4.78 is 15.4. The van der Waals surface area contributed by atoms with Gasteiger partial charge in [0.2, 0.25) is 0 Å². The molecule has 7 heteroatoms. The smallest absolute Gasteiger partial charge is 0.191 e. The maximum absolute atomic E-state index is 13.4. The summed E-state index contributed by atoms with van der Waals surface area (Å²) in [6.07, 6.45) is 4.85. The molecule has 1 heterocycles. The number of aryl methyl sites for hydroxylation is 2. The predicted octanol–water partition coefficient (Wildman–Crippen LogP) is 3.48. The third-order valence-electron chi connectivity index (χ3n) is 4.15. The van der Waals surface area contributed by atoms with Gasteiger partial charge in [-0.2, -0.15) is 5.10 Å². The van der Waals surface area contributed by atoms with Crippen molar-refractivity contribution in [1.29, 1.82) is 0 Å². The van der Waals surface area contributed by atoms with Gasteiger partial charge in [0, 0.05) is 38.3 Å². The molecule has 0 atom stereocenters. The molecule has 144 valence electrons. The number of nitrogens with one attached hydrogen (secondary N) is 2. The third kappa shape index (κ3) is 6.93. The van der Waals surface area contributed by atoms with Crippen LogP contribution < -0.4 is 10.6 Å². The van der Waals surface area contributed by atoms with E-state index in [9.17, 15) is 4.39 Å². The molecular formula is C19H29FIN5. The van der Waals surface area contributed by atoms with E-state index in [-0.39, 0.29) is 35.2 Å². The Balaban J connectivity index is 0.00000338. The minimum atomic E-state index is -0.207. The molecule has 0 radical (unpaired) electrons. The van der Waals surface area contributed by atoms with E-state index in [0.29, 0.717) is 6.54 Å². The van der Waals surface area contributed by atoms with Gasteiger partial charge < -0.3 is 10.6 Å². The van der Waals surface area contributed by atoms with Gasteiger partial charge in [-0.1, -0.05) is 26.0 Å². The fraction of sp³-hybridized carbons (Fsp3) is 0.474. The van der Waals surface area contributed by atoms with Gasteiger partial charge in [0.25, 0.3) is 0 Å². The Morgan fingerprint density at radius 2 is 2.08 bits per heavy atom. The van der Waals surface area contributed by atoms with Crippen LogP contribution in [0.3, 0.4) is 0 Å². The van der Waals surface area contributed by atoms with Gasteiger partial charge >= 0.3 is 0 Å². The number of guanidine groups is 1. The van der Waals surface area contributed by atoms with Gasteiger partial charge in [0.05, 0.1) is 6.20 Å². The number of benzene rings is 1. The molecule has 0 amide bonds. The summed E-state index contributed by atoms with van der Waals surface area (Å²) in [6.45, 7) is 8.54. The minimum absolute atomic E-state index is 0. The van der Waals surface area contributed by atoms with E-state index in [0.717, 1.165) is 31.0 Å². The summed E-state index contributed by atoms with van der Waals surface area (Å²) >= 11 is 0. The molecule has 2 rings (SSSR count). The Morgan fingerprint density at radius 3 is 2.69 bits per heavy atom. The van der Waals surface area contributed by atoms with Crippen LogP contribution in [0, 0.1) is 12.7 Å². The first kappa shape index (κ1) is 22.4. The van der Waals surface area contributed by atoms with Crippen molar-refractivity contribution in [3.05, 3.63) is 53.6 Å². The van der Waals surface area contributed by atoms with Crippen LogP contribution in [-0.2, 0) is 12.0 Å². The molecule has 0 aliphatic carbocycles. The van der Waals surface area contributed by atoms with Crippen LogP contribution in [0.1, 0.15) is 31.4 Å². The largest absolute Gasteiger partial charge is 0.356 e. The lowest BCUT2D eigenvalue weighted by atomic mass is 9.84. The Kier molecular flexibility index (Phi) is 9.04. The minimum Gasteiger partial charge on any atom is -0.356 e. The molecule has 0 bridgehead atoms. The number of rotatable bonds is 7. The molecule has 0 spiro atoms. The van der Waals surface area contributed by atoms with E-state index in [1.54, 1.807) is 19.2 Å². The van der Waals surface area contributed by atoms with Crippen molar-refractivity contribution in [2.24, 2.45) is 4.99 Å². The van der Waals surface area contributed by atoms with E-state index in [1.807, 2.05) is 30.1 Å². The highest BCUT2D eigenvalue weighted by Crippen LogP contribution is 2.22. The van der Waals surface area contributed by atoms with Crippen LogP contribution in [0.5, 0.6) is 0 Å². The lowest BCUT2D eigenvalue weighted by Crippen LogP contribution is -2.43. The summed E-state index contributed by atoms with van der Waals surface area (Å²) in [4.78, 5) is 4.25. The highest BCUT2D eigenvalue weighted by atomic mass is 127. The first-order valence-corrected chi connectivity index (χ1v) is 8.60. The van der Waals surface area contributed by atoms with Gasteiger partial charge in [-0.15, -0.1) is 24.0 Å². The highest BCUT2D eigenvalue weighted by Gasteiger charge is 2.21. The summed E-state index contributed by atoms with van der Waals surface area (Å²) in [7, 11) is 1.75. The van der Waals surface area contributed by atoms with Gasteiger partial charge in [-0.3, -0.25) is 9.67 Å². The van der Waals surface area contributed by atoms with Crippen LogP contribution in [0.4, 0.5) is 4.39 Å². The van der Waals surface area contributed by atoms with Gasteiger partial charge in [0.15, 0.2) is 5.96 Å². The van der Waals surface area contributed by atoms with Crippen LogP contribution in [0.15, 0.2) is 41.7 Å². The van der Waals surface area contributed by atoms with Crippen molar-refractivity contribution in [3.8, 4) is 0 Å². The molecule has 0 unspecified atom stereocenters. The predicted molar refractivity (Wildman–Crippen MR) is 116 cm³/mol. The van der Waals surface area contributed by atoms with Crippen molar-refractivity contribution < 1.29 is 4.39 Å². The zero-order valence-electron chi connectivity index (χ0n) is 15.9. The summed E-state index contributed by atoms with van der Waals surface area (Å²) in [6, 6.07) is 6.75. The molecule has 26 heavy (non-hydrogen) atoms. The average molecular weight is 473 g/mol. The second-order valence-electron chi connectivity index (χ2n) is 6.88. The third-order valence-corrected chi connectivity index (χ3v) is 4.15. The molecule has 0 saturated heterocycles. The quantitative estimate of drug-likeness (QED) is 0.280. The SMILES string of the molecule is CN=C(NCCCn1cc(C)cn1)NCC(C)(C)c1cccc(F)c1.I. The fourth-order valence-corrected chi connectivity index (χ4v) is 2.57. The normalized spacial score (nSPS) is 11.8. The van der Waals surface area contributed by atoms with Gasteiger partial charge in [-0.25, -0.2) is 4.39 Å². The van der Waals surface area contributed by atoms with Gasteiger partial charge in [-0.05, 0) is 36.6 Å². The van der Waals surface area contributed by atoms with Gasteiger partial charge in [0.1, 0.15) is 5.82 Å². The molecule has 0 aliphatic rings. The molecule has 2 aromatic rings. The summed E-state index contributed by atoms with van der Waals surface area (Å²) in [5, 5.41) is 10.9. The number of hydrogen-bond donors (Lipinski definition) is 2. The first-order chi connectivity index (χ1) is 11.9. The number of aromatic nitrogens is 2. The molecule has 0 saturated carbocycles. The summed E-state index contributed by atoms with van der Waals surface area (Å²) in [5.41, 5.74) is 1.93. The van der Waals surface area contributed by atoms with Crippen molar-refractivity contribution in [1.82, 2.24) is 20.4 Å². The van der Waals surface area contributed by atoms with E-state index >= 15 is 0 Å². The van der Waals surface area contributed by atoms with Crippen LogP contribution >= 0.6 is 24.0 Å². The lowest BCUT2D eigenvalue weighted by Gasteiger charge is -2.26. The van der Waals surface area contributed by atoms with Crippen LogP contribution in [0.2, 0.25) is 0 Å². The summed E-state index contributed by atoms with van der Waals surface area (Å²) in [5.74, 6) is 0.545. The molecule has 1 aromatic heterocycles. The fourth-order valence-electron chi connectivity index (χ4n) is 2.57. The topological polar surface area (TPSA) is 54.2 Å². The molecule has 0 aliphatic heterocycles. The molecule has 1 aromatic carbocycles. The maximum Gasteiger partial charge on any atom is 0.191 e. The number of nitrogens with zero attached hydrogens (tertiary/aromatic N) is 3. The highest BCUT2D eigenvalue weighted by molar-refractivity contribution is 14.0. The number of halogens is 2. The molecule has 2 N–H and O–H groups in total. The monoisotopic (exact) mass is 473 g/mol. The molecule has 0 fully saturated rings. The first-order valence-electron chi connectivity index (χ1n) is 8.60. The van der Waals surface area contributed by atoms with Crippen molar-refractivity contribution in [2.45, 2.75) is 39.2 Å². The Hall–Kier alpha value is -1.64. The molecular weight excluding hydrogens is 444 g/mol. The Morgan fingerprint density at radius 1 is 1.31 bits per heavy atom. The second kappa shape index (κ2) is 10.5. The second-order valence-corrected chi connectivity index (χ2v) is 6.88. The standard InChI is InChI=1S/C19H28FN5.HI/c1-15-12-24-25(13-15)10-6-9-22-18(21-4)23-14-19(2,3)16-7-5-8-17(20)11-16;/h5,7-8,11-13H,6,9-10,14H2,1-4H3,(H2,21,22,23);1H. The van der Waals surface area contributed by atoms with Crippen LogP contribution in [-0.4, -0.2) is 35.9 Å². The number of aliphatic imine (C=N–C) groups is 1. The van der Waals surface area contributed by atoms with E-state index in [4.69, 9.17) is 0 Å². The van der Waals surface area contributed by atoms with Crippen molar-refractivity contribution in [2.75, 3.05) is 20.1 Å². The average Bonchev–Trinajstić information content (AvgIpc) is 2.99. The Bertz CT molecular complexity index is 711. The zero-order chi connectivity index (χ0) is 18.3. The maximum atomic E-state index is 13.4. The van der Waals surface area contributed by atoms with E-state index < -0.39 is 0 Å². The number of hydrogen-bond acceptors (Lipinski definition) is 2.